The van der Waals surface area contributed by atoms with Gasteiger partial charge in [-0.1, -0.05) is 34.1 Å². The molecule has 1 aliphatic rings. The molecule has 0 radical (unpaired) electrons. The van der Waals surface area contributed by atoms with Gasteiger partial charge in [-0.3, -0.25) is 49.4 Å². The zero-order chi connectivity index (χ0) is 28.1. The highest BCUT2D eigenvalue weighted by Gasteiger charge is 2.30. The van der Waals surface area contributed by atoms with Gasteiger partial charge in [0.05, 0.1) is 12.1 Å². The van der Waals surface area contributed by atoms with E-state index in [1.807, 2.05) is 39.6 Å². The Kier molecular flexibility index (Phi) is 13.7. The number of hydrogen-bond acceptors (Lipinski definition) is 7. The number of carbonyl (C=O) groups is 6. The maximum Gasteiger partial charge on any atom is 0.253 e. The van der Waals surface area contributed by atoms with Crippen molar-refractivity contribution >= 4 is 35.3 Å². The topological polar surface area (TPSA) is 145 Å². The minimum atomic E-state index is -0.535. The van der Waals surface area contributed by atoms with Gasteiger partial charge in [0, 0.05) is 31.5 Å². The lowest BCUT2D eigenvalue weighted by molar-refractivity contribution is -0.137. The second kappa shape index (κ2) is 15.9. The Balaban J connectivity index is 2.29. The van der Waals surface area contributed by atoms with Crippen molar-refractivity contribution in [3.63, 3.8) is 0 Å². The second-order valence-corrected chi connectivity index (χ2v) is 10.2. The molecule has 0 aromatic heterocycles. The van der Waals surface area contributed by atoms with Crippen LogP contribution >= 0.6 is 0 Å². The van der Waals surface area contributed by atoms with Gasteiger partial charge in [0.25, 0.3) is 11.8 Å². The molecule has 5 amide bonds. The first-order valence-corrected chi connectivity index (χ1v) is 13.0. The lowest BCUT2D eigenvalue weighted by Gasteiger charge is -2.32. The zero-order valence-electron chi connectivity index (χ0n) is 23.0. The predicted molar refractivity (Wildman–Crippen MR) is 139 cm³/mol. The summed E-state index contributed by atoms with van der Waals surface area (Å²) in [7, 11) is 1.81. The summed E-state index contributed by atoms with van der Waals surface area (Å²) < 4.78 is 0. The Bertz CT molecular complexity index is 852. The van der Waals surface area contributed by atoms with Crippen LogP contribution in [-0.4, -0.2) is 77.3 Å². The summed E-state index contributed by atoms with van der Waals surface area (Å²) in [6.45, 7) is 9.92. The van der Waals surface area contributed by atoms with Gasteiger partial charge in [-0.25, -0.2) is 0 Å². The molecule has 11 heteroatoms. The first-order chi connectivity index (χ1) is 17.3. The van der Waals surface area contributed by atoms with Crippen molar-refractivity contribution in [3.8, 4) is 0 Å². The number of nitrogens with zero attached hydrogens (tertiary/aromatic N) is 2. The van der Waals surface area contributed by atoms with E-state index >= 15 is 0 Å². The van der Waals surface area contributed by atoms with Crippen molar-refractivity contribution in [1.29, 1.82) is 0 Å². The van der Waals surface area contributed by atoms with Crippen LogP contribution in [0.15, 0.2) is 12.2 Å². The highest BCUT2D eigenvalue weighted by Crippen LogP contribution is 2.13. The van der Waals surface area contributed by atoms with Crippen molar-refractivity contribution in [2.24, 2.45) is 11.8 Å². The molecule has 0 spiro atoms. The number of ketones is 1. The van der Waals surface area contributed by atoms with Crippen molar-refractivity contribution in [2.75, 3.05) is 20.1 Å². The quantitative estimate of drug-likeness (QED) is 0.157. The van der Waals surface area contributed by atoms with Crippen molar-refractivity contribution in [2.45, 2.75) is 85.2 Å². The van der Waals surface area contributed by atoms with Crippen LogP contribution in [0.2, 0.25) is 0 Å². The summed E-state index contributed by atoms with van der Waals surface area (Å²) >= 11 is 0. The summed E-state index contributed by atoms with van der Waals surface area (Å²) in [6, 6.07) is -0.978. The number of Topliss-reactive ketones (excluding diaryl/α,β-unsaturated/α-hetero) is 1. The fourth-order valence-electron chi connectivity index (χ4n) is 4.26. The minimum absolute atomic E-state index is 0.00544. The fraction of sp³-hybridized carbons (Fsp3) is 0.692. The van der Waals surface area contributed by atoms with Gasteiger partial charge in [0.15, 0.2) is 5.78 Å². The molecule has 37 heavy (non-hydrogen) atoms. The van der Waals surface area contributed by atoms with Crippen LogP contribution in [0.5, 0.6) is 0 Å². The summed E-state index contributed by atoms with van der Waals surface area (Å²) in [5.74, 6) is -1.57. The van der Waals surface area contributed by atoms with E-state index in [9.17, 15) is 28.8 Å². The Hall–Kier alpha value is -3.08. The smallest absolute Gasteiger partial charge is 0.253 e. The molecule has 208 valence electrons. The summed E-state index contributed by atoms with van der Waals surface area (Å²) in [5.41, 5.74) is 4.79. The van der Waals surface area contributed by atoms with E-state index in [2.05, 4.69) is 16.2 Å². The van der Waals surface area contributed by atoms with Crippen LogP contribution in [0.25, 0.3) is 0 Å². The Labute approximate surface area is 219 Å². The van der Waals surface area contributed by atoms with E-state index in [1.54, 1.807) is 0 Å². The number of unbranched alkanes of at least 4 members (excludes halogenated alkanes) is 2. The average Bonchev–Trinajstić information content (AvgIpc) is 3.12. The maximum atomic E-state index is 12.9. The van der Waals surface area contributed by atoms with Gasteiger partial charge in [0.1, 0.15) is 0 Å². The minimum Gasteiger partial charge on any atom is -0.345 e. The molecule has 1 heterocycles. The summed E-state index contributed by atoms with van der Waals surface area (Å²) in [5, 5.41) is 2.86. The number of rotatable bonds is 16. The summed E-state index contributed by atoms with van der Waals surface area (Å²) in [6.07, 6.45) is 5.20. The van der Waals surface area contributed by atoms with Gasteiger partial charge in [-0.05, 0) is 51.6 Å². The highest BCUT2D eigenvalue weighted by molar-refractivity contribution is 6.12. The molecule has 1 aliphatic heterocycles. The van der Waals surface area contributed by atoms with E-state index in [-0.39, 0.29) is 60.0 Å². The number of carbonyl (C=O) groups excluding carboxylic acids is 6. The molecular weight excluding hydrogens is 478 g/mol. The first-order valence-electron chi connectivity index (χ1n) is 13.0. The standard InChI is InChI=1S/C26H43N5O6/c1-17(2)24(19(5)32)27-26(37)25(18(3)4)30(6)15-10-12-21(34)29-28-20(33)11-8-7-9-16-31-22(35)13-14-23(31)36/h13-14,17-18,24-25H,7-12,15-16H2,1-6H3,(H,27,37)(H,28,33)(H,29,34)/t24-,25?/m0/s1. The average molecular weight is 522 g/mol. The van der Waals surface area contributed by atoms with Crippen LogP contribution in [0.3, 0.4) is 0 Å². The van der Waals surface area contributed by atoms with E-state index < -0.39 is 12.1 Å². The largest absolute Gasteiger partial charge is 0.345 e. The molecule has 1 rings (SSSR count). The van der Waals surface area contributed by atoms with Crippen LogP contribution < -0.4 is 16.2 Å². The molecule has 0 aromatic rings. The maximum absolute atomic E-state index is 12.9. The normalized spacial score (nSPS) is 14.9. The van der Waals surface area contributed by atoms with E-state index in [1.165, 1.54) is 24.0 Å². The fourth-order valence-corrected chi connectivity index (χ4v) is 4.26. The molecule has 0 fully saturated rings. The van der Waals surface area contributed by atoms with Crippen molar-refractivity contribution in [1.82, 2.24) is 26.0 Å². The van der Waals surface area contributed by atoms with Gasteiger partial charge < -0.3 is 5.32 Å². The van der Waals surface area contributed by atoms with Crippen LogP contribution in [-0.2, 0) is 28.8 Å². The monoisotopic (exact) mass is 521 g/mol. The molecule has 0 saturated carbocycles. The first kappa shape index (κ1) is 31.9. The molecule has 3 N–H and O–H groups in total. The van der Waals surface area contributed by atoms with Crippen LogP contribution in [0.1, 0.15) is 73.1 Å². The lowest BCUT2D eigenvalue weighted by atomic mass is 9.97. The van der Waals surface area contributed by atoms with Crippen molar-refractivity contribution < 1.29 is 28.8 Å². The second-order valence-electron chi connectivity index (χ2n) is 10.2. The van der Waals surface area contributed by atoms with Gasteiger partial charge in [-0.2, -0.15) is 0 Å². The molecular formula is C26H43N5O6. The van der Waals surface area contributed by atoms with Crippen LogP contribution in [0, 0.1) is 11.8 Å². The highest BCUT2D eigenvalue weighted by atomic mass is 16.2. The van der Waals surface area contributed by atoms with Gasteiger partial charge in [-0.15, -0.1) is 0 Å². The Morgan fingerprint density at radius 1 is 0.838 bits per heavy atom. The lowest BCUT2D eigenvalue weighted by Crippen LogP contribution is -2.54. The molecule has 0 aliphatic carbocycles. The number of likely N-dealkylation sites (N-methyl/N-ethyl adjacent to an activating group) is 1. The van der Waals surface area contributed by atoms with E-state index in [0.29, 0.717) is 38.8 Å². The van der Waals surface area contributed by atoms with E-state index in [0.717, 1.165) is 0 Å². The number of imide groups is 1. The van der Waals surface area contributed by atoms with E-state index in [4.69, 9.17) is 0 Å². The number of amides is 5. The third kappa shape index (κ3) is 11.2. The van der Waals surface area contributed by atoms with Gasteiger partial charge >= 0.3 is 0 Å². The molecule has 0 aromatic carbocycles. The molecule has 0 bridgehead atoms. The van der Waals surface area contributed by atoms with Gasteiger partial charge in [0.2, 0.25) is 17.7 Å². The van der Waals surface area contributed by atoms with Crippen molar-refractivity contribution in [3.05, 3.63) is 12.2 Å². The zero-order valence-corrected chi connectivity index (χ0v) is 23.0. The SMILES string of the molecule is CC(=O)[C@@H](NC(=O)C(C(C)C)N(C)CCCC(=O)NNC(=O)CCCCCN1C(=O)C=CC1=O)C(C)C. The number of hydrazine groups is 1. The number of hydrogen-bond donors (Lipinski definition) is 3. The molecule has 1 unspecified atom stereocenters. The molecule has 2 atom stereocenters. The summed E-state index contributed by atoms with van der Waals surface area (Å²) in [4.78, 5) is 74.8. The Morgan fingerprint density at radius 3 is 1.86 bits per heavy atom. The predicted octanol–water partition coefficient (Wildman–Crippen LogP) is 1.09. The number of nitrogens with one attached hydrogen (secondary N) is 3. The Morgan fingerprint density at radius 2 is 1.38 bits per heavy atom. The molecule has 0 saturated heterocycles. The third-order valence-corrected chi connectivity index (χ3v) is 6.22. The van der Waals surface area contributed by atoms with Crippen LogP contribution in [0.4, 0.5) is 0 Å². The third-order valence-electron chi connectivity index (χ3n) is 6.22. The molecule has 11 nitrogen and oxygen atoms in total.